The molecule has 6 nitrogen and oxygen atoms in total. The van der Waals surface area contributed by atoms with Crippen molar-refractivity contribution in [2.45, 2.75) is 31.0 Å². The predicted octanol–water partition coefficient (Wildman–Crippen LogP) is 8.17. The number of sulfonamides is 1. The standard InChI is InChI=1S/C32H25ClF3N3O3S2/c1-20-6-2-4-8-26(20)30(40)28-19-37-31(43-28)39-25-14-10-21(11-15-25)18-38-44(41,42)29-17-24(32(34,35)36)13-12-23(29)16-22-7-3-5-9-27(22)33/h2-15,17,19,38H,16,18H2,1H3,(H,37,39). The van der Waals surface area contributed by atoms with Crippen LogP contribution >= 0.6 is 22.9 Å². The fourth-order valence-corrected chi connectivity index (χ4v) is 6.73. The van der Waals surface area contributed by atoms with Crippen molar-refractivity contribution >= 4 is 49.6 Å². The van der Waals surface area contributed by atoms with Crippen molar-refractivity contribution in [1.29, 1.82) is 0 Å². The Morgan fingerprint density at radius 2 is 1.64 bits per heavy atom. The Morgan fingerprint density at radius 1 is 0.932 bits per heavy atom. The largest absolute Gasteiger partial charge is 0.416 e. The van der Waals surface area contributed by atoms with E-state index in [0.29, 0.717) is 43.5 Å². The molecule has 0 aliphatic heterocycles. The molecule has 0 fully saturated rings. The zero-order chi connectivity index (χ0) is 31.5. The van der Waals surface area contributed by atoms with Crippen molar-refractivity contribution in [2.75, 3.05) is 5.32 Å². The van der Waals surface area contributed by atoms with Gasteiger partial charge in [0.05, 0.1) is 21.5 Å². The molecule has 0 radical (unpaired) electrons. The van der Waals surface area contributed by atoms with Crippen LogP contribution in [0, 0.1) is 6.92 Å². The Balaban J connectivity index is 1.29. The van der Waals surface area contributed by atoms with Crippen molar-refractivity contribution in [3.05, 3.63) is 140 Å². The molecule has 44 heavy (non-hydrogen) atoms. The van der Waals surface area contributed by atoms with Crippen LogP contribution in [0.1, 0.15) is 43.1 Å². The van der Waals surface area contributed by atoms with E-state index in [4.69, 9.17) is 11.6 Å². The van der Waals surface area contributed by atoms with Crippen molar-refractivity contribution in [2.24, 2.45) is 0 Å². The molecule has 0 amide bonds. The van der Waals surface area contributed by atoms with Crippen LogP contribution in [0.4, 0.5) is 24.0 Å². The zero-order valence-electron chi connectivity index (χ0n) is 23.2. The molecule has 1 heterocycles. The van der Waals surface area contributed by atoms with E-state index in [0.717, 1.165) is 11.6 Å². The van der Waals surface area contributed by atoms with Crippen LogP contribution in [0.3, 0.4) is 0 Å². The first-order chi connectivity index (χ1) is 20.9. The molecule has 2 N–H and O–H groups in total. The van der Waals surface area contributed by atoms with Crippen LogP contribution in [-0.2, 0) is 29.2 Å². The molecule has 1 aromatic heterocycles. The van der Waals surface area contributed by atoms with Gasteiger partial charge in [0.1, 0.15) is 0 Å². The van der Waals surface area contributed by atoms with Crippen LogP contribution in [0.5, 0.6) is 0 Å². The normalized spacial score (nSPS) is 11.8. The average molecular weight is 656 g/mol. The van der Waals surface area contributed by atoms with Gasteiger partial charge >= 0.3 is 6.18 Å². The van der Waals surface area contributed by atoms with E-state index in [-0.39, 0.29) is 24.3 Å². The van der Waals surface area contributed by atoms with Gasteiger partial charge in [0.15, 0.2) is 5.13 Å². The van der Waals surface area contributed by atoms with Gasteiger partial charge in [-0.25, -0.2) is 18.1 Å². The van der Waals surface area contributed by atoms with Gasteiger partial charge in [-0.3, -0.25) is 4.79 Å². The summed E-state index contributed by atoms with van der Waals surface area (Å²) in [5.41, 5.74) is 2.41. The number of nitrogens with zero attached hydrogens (tertiary/aromatic N) is 1. The maximum Gasteiger partial charge on any atom is 0.416 e. The highest BCUT2D eigenvalue weighted by Gasteiger charge is 2.33. The van der Waals surface area contributed by atoms with E-state index in [1.54, 1.807) is 60.7 Å². The number of carbonyl (C=O) groups excluding carboxylic acids is 1. The van der Waals surface area contributed by atoms with Crippen LogP contribution in [-0.4, -0.2) is 19.2 Å². The van der Waals surface area contributed by atoms with E-state index >= 15 is 0 Å². The number of hydrogen-bond acceptors (Lipinski definition) is 6. The van der Waals surface area contributed by atoms with Gasteiger partial charge in [-0.1, -0.05) is 83.6 Å². The van der Waals surface area contributed by atoms with Gasteiger partial charge in [-0.15, -0.1) is 0 Å². The Hall–Kier alpha value is -4.03. The summed E-state index contributed by atoms with van der Waals surface area (Å²) in [6, 6.07) is 23.5. The smallest absolute Gasteiger partial charge is 0.332 e. The molecule has 0 saturated heterocycles. The first-order valence-electron chi connectivity index (χ1n) is 13.3. The summed E-state index contributed by atoms with van der Waals surface area (Å²) < 4.78 is 69.5. The van der Waals surface area contributed by atoms with Crippen molar-refractivity contribution in [3.63, 3.8) is 0 Å². The van der Waals surface area contributed by atoms with Gasteiger partial charge in [0.2, 0.25) is 15.8 Å². The number of carbonyl (C=O) groups is 1. The van der Waals surface area contributed by atoms with Crippen LogP contribution in [0.2, 0.25) is 5.02 Å². The Labute approximate surface area is 261 Å². The molecule has 5 rings (SSSR count). The van der Waals surface area contributed by atoms with E-state index in [2.05, 4.69) is 15.0 Å². The van der Waals surface area contributed by atoms with Gasteiger partial charge in [0, 0.05) is 29.2 Å². The average Bonchev–Trinajstić information content (AvgIpc) is 3.46. The zero-order valence-corrected chi connectivity index (χ0v) is 25.5. The fraction of sp³-hybridized carbons (Fsp3) is 0.125. The van der Waals surface area contributed by atoms with E-state index in [1.807, 2.05) is 19.1 Å². The molecule has 5 aromatic rings. The summed E-state index contributed by atoms with van der Waals surface area (Å²) in [4.78, 5) is 17.2. The third-order valence-electron chi connectivity index (χ3n) is 6.81. The van der Waals surface area contributed by atoms with Gasteiger partial charge < -0.3 is 5.32 Å². The van der Waals surface area contributed by atoms with Crippen LogP contribution in [0.15, 0.2) is 102 Å². The predicted molar refractivity (Wildman–Crippen MR) is 166 cm³/mol. The first kappa shape index (κ1) is 31.4. The Kier molecular flexibility index (Phi) is 9.21. The SMILES string of the molecule is Cc1ccccc1C(=O)c1cnc(Nc2ccc(CNS(=O)(=O)c3cc(C(F)(F)F)ccc3Cc3ccccc3Cl)cc2)s1. The van der Waals surface area contributed by atoms with Crippen LogP contribution < -0.4 is 10.0 Å². The molecule has 0 saturated carbocycles. The molecule has 4 aromatic carbocycles. The van der Waals surface area contributed by atoms with E-state index in [1.165, 1.54) is 23.6 Å². The minimum absolute atomic E-state index is 0.0312. The highest BCUT2D eigenvalue weighted by Crippen LogP contribution is 2.33. The number of hydrogen-bond donors (Lipinski definition) is 2. The summed E-state index contributed by atoms with van der Waals surface area (Å²) >= 11 is 7.44. The lowest BCUT2D eigenvalue weighted by molar-refractivity contribution is -0.137. The molecule has 0 aliphatic rings. The highest BCUT2D eigenvalue weighted by atomic mass is 35.5. The number of alkyl halides is 3. The minimum Gasteiger partial charge on any atom is -0.332 e. The number of rotatable bonds is 10. The molecule has 12 heteroatoms. The number of benzene rings is 4. The lowest BCUT2D eigenvalue weighted by Gasteiger charge is -2.15. The summed E-state index contributed by atoms with van der Waals surface area (Å²) in [6.45, 7) is 1.71. The summed E-state index contributed by atoms with van der Waals surface area (Å²) in [7, 11) is -4.34. The number of nitrogens with one attached hydrogen (secondary N) is 2. The third kappa shape index (κ3) is 7.36. The van der Waals surface area contributed by atoms with E-state index < -0.39 is 26.7 Å². The number of anilines is 2. The fourth-order valence-electron chi connectivity index (χ4n) is 4.46. The number of halogens is 4. The topological polar surface area (TPSA) is 88.2 Å². The number of aryl methyl sites for hydroxylation is 1. The number of ketones is 1. The second-order valence-corrected chi connectivity index (χ2v) is 13.1. The summed E-state index contributed by atoms with van der Waals surface area (Å²) in [6.07, 6.45) is -3.18. The highest BCUT2D eigenvalue weighted by molar-refractivity contribution is 7.89. The summed E-state index contributed by atoms with van der Waals surface area (Å²) in [5.74, 6) is -0.118. The van der Waals surface area contributed by atoms with Crippen molar-refractivity contribution in [1.82, 2.24) is 9.71 Å². The van der Waals surface area contributed by atoms with Gasteiger partial charge in [0.25, 0.3) is 0 Å². The molecule has 0 bridgehead atoms. The third-order valence-corrected chi connectivity index (χ3v) is 9.58. The van der Waals surface area contributed by atoms with E-state index in [9.17, 15) is 26.4 Å². The summed E-state index contributed by atoms with van der Waals surface area (Å²) in [5, 5.41) is 4.01. The maximum absolute atomic E-state index is 13.5. The van der Waals surface area contributed by atoms with Gasteiger partial charge in [-0.05, 0) is 59.5 Å². The molecule has 226 valence electrons. The first-order valence-corrected chi connectivity index (χ1v) is 15.9. The number of aromatic nitrogens is 1. The molecule has 0 unspecified atom stereocenters. The second kappa shape index (κ2) is 12.9. The van der Waals surface area contributed by atoms with Crippen molar-refractivity contribution in [3.8, 4) is 0 Å². The molecular weight excluding hydrogens is 631 g/mol. The van der Waals surface area contributed by atoms with Gasteiger partial charge in [-0.2, -0.15) is 13.2 Å². The molecule has 0 spiro atoms. The lowest BCUT2D eigenvalue weighted by Crippen LogP contribution is -2.25. The monoisotopic (exact) mass is 655 g/mol. The lowest BCUT2D eigenvalue weighted by atomic mass is 10.0. The van der Waals surface area contributed by atoms with Crippen LogP contribution in [0.25, 0.3) is 0 Å². The maximum atomic E-state index is 13.5. The Bertz CT molecular complexity index is 1930. The Morgan fingerprint density at radius 3 is 2.34 bits per heavy atom. The number of thiazole rings is 1. The minimum atomic E-state index is -4.72. The quantitative estimate of drug-likeness (QED) is 0.148. The molecule has 0 aliphatic carbocycles. The molecular formula is C32H25ClF3N3O3S2. The molecule has 0 atom stereocenters. The van der Waals surface area contributed by atoms with Crippen molar-refractivity contribution < 1.29 is 26.4 Å². The second-order valence-electron chi connectivity index (χ2n) is 9.91.